The number of rotatable bonds is 2. The second-order valence-corrected chi connectivity index (χ2v) is 6.77. The number of fused-ring (bicyclic) bond motifs is 2. The zero-order valence-corrected chi connectivity index (χ0v) is 13.2. The molecule has 1 aliphatic carbocycles. The number of carbonyl (C=O) groups is 1. The molecule has 4 heteroatoms. The Labute approximate surface area is 139 Å². The van der Waals surface area contributed by atoms with Crippen LogP contribution in [-0.2, 0) is 4.79 Å². The van der Waals surface area contributed by atoms with E-state index in [1.54, 1.807) is 24.3 Å². The minimum absolute atomic E-state index is 0.0640. The van der Waals surface area contributed by atoms with E-state index >= 15 is 0 Å². The third-order valence-electron chi connectivity index (χ3n) is 5.38. The number of halogens is 2. The topological polar surface area (TPSA) is 29.1 Å². The monoisotopic (exact) mass is 327 g/mol. The molecule has 2 aromatic carbocycles. The van der Waals surface area contributed by atoms with Crippen molar-refractivity contribution in [1.29, 1.82) is 0 Å². The highest BCUT2D eigenvalue weighted by molar-refractivity contribution is 5.86. The Balaban J connectivity index is 1.71. The normalized spacial score (nSPS) is 29.5. The maximum atomic E-state index is 13.2. The molecule has 2 bridgehead atoms. The lowest BCUT2D eigenvalue weighted by atomic mass is 9.67. The minimum Gasteiger partial charge on any atom is -0.302 e. The molecule has 0 amide bonds. The Kier molecular flexibility index (Phi) is 3.93. The Morgan fingerprint density at radius 1 is 0.750 bits per heavy atom. The molecule has 2 fully saturated rings. The van der Waals surface area contributed by atoms with Crippen LogP contribution in [0, 0.1) is 23.5 Å². The van der Waals surface area contributed by atoms with Gasteiger partial charge in [-0.25, -0.2) is 8.78 Å². The number of nitrogens with one attached hydrogen (secondary N) is 1. The smallest absolute Gasteiger partial charge is 0.142 e. The molecule has 24 heavy (non-hydrogen) atoms. The van der Waals surface area contributed by atoms with Gasteiger partial charge in [0.15, 0.2) is 0 Å². The molecule has 1 saturated heterocycles. The third-order valence-corrected chi connectivity index (χ3v) is 5.38. The van der Waals surface area contributed by atoms with Gasteiger partial charge in [0, 0.05) is 23.9 Å². The van der Waals surface area contributed by atoms with Crippen molar-refractivity contribution < 1.29 is 13.6 Å². The molecule has 0 aromatic heterocycles. The van der Waals surface area contributed by atoms with Crippen LogP contribution in [-0.4, -0.2) is 5.78 Å². The average Bonchev–Trinajstić information content (AvgIpc) is 2.57. The molecule has 4 atom stereocenters. The van der Waals surface area contributed by atoms with Crippen LogP contribution in [0.1, 0.15) is 42.5 Å². The largest absolute Gasteiger partial charge is 0.302 e. The quantitative estimate of drug-likeness (QED) is 0.889. The van der Waals surface area contributed by atoms with E-state index in [0.717, 1.165) is 30.4 Å². The number of benzene rings is 2. The number of Topliss-reactive ketones (excluding diaryl/α,β-unsaturated/α-hetero) is 1. The van der Waals surface area contributed by atoms with Crippen molar-refractivity contribution >= 4 is 5.78 Å². The van der Waals surface area contributed by atoms with Gasteiger partial charge in [-0.05, 0) is 48.2 Å². The number of ketones is 1. The van der Waals surface area contributed by atoms with E-state index in [1.165, 1.54) is 24.3 Å². The first-order chi connectivity index (χ1) is 11.6. The SMILES string of the molecule is O=C1[C@H]2CCC[C@@H]1[C@H](c1ccc(F)cc1)N[C@@H]2c1ccc(F)cc1. The van der Waals surface area contributed by atoms with Crippen LogP contribution < -0.4 is 5.32 Å². The maximum absolute atomic E-state index is 13.2. The molecule has 2 nitrogen and oxygen atoms in total. The van der Waals surface area contributed by atoms with Gasteiger partial charge in [-0.3, -0.25) is 4.79 Å². The van der Waals surface area contributed by atoms with Gasteiger partial charge >= 0.3 is 0 Å². The number of hydrogen-bond donors (Lipinski definition) is 1. The predicted octanol–water partition coefficient (Wildman–Crippen LogP) is 4.34. The molecule has 1 heterocycles. The van der Waals surface area contributed by atoms with E-state index in [0.29, 0.717) is 0 Å². The van der Waals surface area contributed by atoms with Gasteiger partial charge in [-0.15, -0.1) is 0 Å². The fourth-order valence-corrected chi connectivity index (χ4v) is 4.20. The zero-order valence-electron chi connectivity index (χ0n) is 13.2. The van der Waals surface area contributed by atoms with Gasteiger partial charge in [-0.1, -0.05) is 30.7 Å². The first-order valence-corrected chi connectivity index (χ1v) is 8.44. The molecule has 4 rings (SSSR count). The molecule has 2 aromatic rings. The van der Waals surface area contributed by atoms with Gasteiger partial charge in [0.1, 0.15) is 17.4 Å². The predicted molar refractivity (Wildman–Crippen MR) is 87.3 cm³/mol. The van der Waals surface area contributed by atoms with Crippen LogP contribution in [0.3, 0.4) is 0 Å². The molecule has 1 aliphatic heterocycles. The second kappa shape index (κ2) is 6.10. The summed E-state index contributed by atoms with van der Waals surface area (Å²) in [7, 11) is 0. The minimum atomic E-state index is -0.280. The second-order valence-electron chi connectivity index (χ2n) is 6.77. The van der Waals surface area contributed by atoms with E-state index in [9.17, 15) is 13.6 Å². The van der Waals surface area contributed by atoms with Gasteiger partial charge in [0.2, 0.25) is 0 Å². The van der Waals surface area contributed by atoms with Crippen LogP contribution in [0.5, 0.6) is 0 Å². The molecule has 0 unspecified atom stereocenters. The first kappa shape index (κ1) is 15.5. The highest BCUT2D eigenvalue weighted by Gasteiger charge is 2.46. The van der Waals surface area contributed by atoms with Crippen molar-refractivity contribution in [2.24, 2.45) is 11.8 Å². The zero-order chi connectivity index (χ0) is 16.7. The van der Waals surface area contributed by atoms with E-state index < -0.39 is 0 Å². The van der Waals surface area contributed by atoms with Crippen molar-refractivity contribution in [3.63, 3.8) is 0 Å². The Morgan fingerprint density at radius 3 is 1.58 bits per heavy atom. The summed E-state index contributed by atoms with van der Waals surface area (Å²) < 4.78 is 26.5. The third kappa shape index (κ3) is 2.65. The van der Waals surface area contributed by atoms with Gasteiger partial charge in [-0.2, -0.15) is 0 Å². The Morgan fingerprint density at radius 2 is 1.17 bits per heavy atom. The van der Waals surface area contributed by atoms with Gasteiger partial charge < -0.3 is 5.32 Å². The molecule has 1 saturated carbocycles. The first-order valence-electron chi connectivity index (χ1n) is 8.44. The molecule has 1 N–H and O–H groups in total. The highest BCUT2D eigenvalue weighted by atomic mass is 19.1. The summed E-state index contributed by atoms with van der Waals surface area (Å²) in [6.45, 7) is 0. The van der Waals surface area contributed by atoms with Crippen LogP contribution in [0.15, 0.2) is 48.5 Å². The molecular formula is C20H19F2NO. The van der Waals surface area contributed by atoms with E-state index in [1.807, 2.05) is 0 Å². The van der Waals surface area contributed by atoms with Crippen LogP contribution in [0.2, 0.25) is 0 Å². The van der Waals surface area contributed by atoms with Crippen LogP contribution in [0.4, 0.5) is 8.78 Å². The van der Waals surface area contributed by atoms with Crippen molar-refractivity contribution in [3.05, 3.63) is 71.3 Å². The van der Waals surface area contributed by atoms with Crippen LogP contribution >= 0.6 is 0 Å². The van der Waals surface area contributed by atoms with Crippen molar-refractivity contribution in [2.45, 2.75) is 31.3 Å². The molecule has 124 valence electrons. The fraction of sp³-hybridized carbons (Fsp3) is 0.350. The van der Waals surface area contributed by atoms with Crippen molar-refractivity contribution in [1.82, 2.24) is 5.32 Å². The van der Waals surface area contributed by atoms with Gasteiger partial charge in [0.25, 0.3) is 0 Å². The average molecular weight is 327 g/mol. The fourth-order valence-electron chi connectivity index (χ4n) is 4.20. The summed E-state index contributed by atoms with van der Waals surface area (Å²) in [5, 5.41) is 3.59. The molecule has 0 radical (unpaired) electrons. The lowest BCUT2D eigenvalue weighted by Gasteiger charge is -2.45. The molecule has 2 aliphatic rings. The van der Waals surface area contributed by atoms with Gasteiger partial charge in [0.05, 0.1) is 0 Å². The van der Waals surface area contributed by atoms with E-state index in [-0.39, 0.29) is 41.3 Å². The number of carbonyl (C=O) groups excluding carboxylic acids is 1. The lowest BCUT2D eigenvalue weighted by molar-refractivity contribution is -0.135. The molecular weight excluding hydrogens is 308 g/mol. The maximum Gasteiger partial charge on any atom is 0.142 e. The van der Waals surface area contributed by atoms with E-state index in [2.05, 4.69) is 5.32 Å². The number of piperidine rings is 1. The van der Waals surface area contributed by atoms with Crippen molar-refractivity contribution in [2.75, 3.05) is 0 Å². The van der Waals surface area contributed by atoms with E-state index in [4.69, 9.17) is 0 Å². The summed E-state index contributed by atoms with van der Waals surface area (Å²) in [5.74, 6) is -0.407. The summed E-state index contributed by atoms with van der Waals surface area (Å²) >= 11 is 0. The summed E-state index contributed by atoms with van der Waals surface area (Å²) in [4.78, 5) is 12.9. The number of hydrogen-bond acceptors (Lipinski definition) is 2. The summed E-state index contributed by atoms with van der Waals surface area (Å²) in [6, 6.07) is 12.5. The Hall–Kier alpha value is -2.07. The van der Waals surface area contributed by atoms with Crippen LogP contribution in [0.25, 0.3) is 0 Å². The summed E-state index contributed by atoms with van der Waals surface area (Å²) in [6.07, 6.45) is 2.74. The summed E-state index contributed by atoms with van der Waals surface area (Å²) in [5.41, 5.74) is 1.87. The standard InChI is InChI=1S/C20H19F2NO/c21-14-8-4-12(5-9-14)18-16-2-1-3-17(20(16)24)19(23-18)13-6-10-15(22)11-7-13/h4-11,16-19,23H,1-3H2/t16-,17+,18+,19-. The Bertz CT molecular complexity index is 680. The molecule has 0 spiro atoms. The van der Waals surface area contributed by atoms with Crippen molar-refractivity contribution in [3.8, 4) is 0 Å². The highest BCUT2D eigenvalue weighted by Crippen LogP contribution is 2.45. The lowest BCUT2D eigenvalue weighted by Crippen LogP contribution is -2.50.